The van der Waals surface area contributed by atoms with Crippen molar-refractivity contribution >= 4 is 16.8 Å². The molecule has 3 aromatic rings. The molecule has 140 valence electrons. The maximum absolute atomic E-state index is 12.7. The van der Waals surface area contributed by atoms with Crippen LogP contribution in [0.15, 0.2) is 39.6 Å². The van der Waals surface area contributed by atoms with Crippen molar-refractivity contribution in [1.29, 1.82) is 0 Å². The van der Waals surface area contributed by atoms with Crippen molar-refractivity contribution in [2.45, 2.75) is 25.3 Å². The van der Waals surface area contributed by atoms with E-state index < -0.39 is 0 Å². The Kier molecular flexibility index (Phi) is 4.72. The number of hydrogen-bond donors (Lipinski definition) is 1. The van der Waals surface area contributed by atoms with Crippen molar-refractivity contribution in [1.82, 2.24) is 20.0 Å². The normalized spacial score (nSPS) is 13.8. The van der Waals surface area contributed by atoms with Crippen molar-refractivity contribution in [3.8, 4) is 11.5 Å². The molecule has 0 unspecified atom stereocenters. The van der Waals surface area contributed by atoms with Gasteiger partial charge in [-0.25, -0.2) is 0 Å². The Balaban J connectivity index is 1.71. The first-order valence-corrected chi connectivity index (χ1v) is 8.89. The number of fused-ring (bicyclic) bond motifs is 1. The number of hydrogen-bond acceptors (Lipinski definition) is 6. The Labute approximate surface area is 155 Å². The van der Waals surface area contributed by atoms with Gasteiger partial charge in [-0.3, -0.25) is 14.2 Å². The predicted molar refractivity (Wildman–Crippen MR) is 98.4 cm³/mol. The number of amides is 1. The lowest BCUT2D eigenvalue weighted by molar-refractivity contribution is -0.121. The number of ether oxygens (including phenoxy) is 1. The number of aromatic nitrogens is 3. The number of carbonyl (C=O) groups is 1. The number of carbonyl (C=O) groups excluding carboxylic acids is 1. The zero-order valence-corrected chi connectivity index (χ0v) is 15.0. The first kappa shape index (κ1) is 17.4. The number of nitrogens with one attached hydrogen (secondary N) is 1. The van der Waals surface area contributed by atoms with Crippen LogP contribution in [-0.4, -0.2) is 40.9 Å². The first-order chi connectivity index (χ1) is 13.2. The molecule has 27 heavy (non-hydrogen) atoms. The van der Waals surface area contributed by atoms with Gasteiger partial charge in [0.1, 0.15) is 6.54 Å². The Hall–Kier alpha value is -3.00. The number of pyridine rings is 1. The van der Waals surface area contributed by atoms with Gasteiger partial charge in [-0.05, 0) is 18.9 Å². The Bertz CT molecular complexity index is 1040. The molecule has 0 aliphatic heterocycles. The third-order valence-electron chi connectivity index (χ3n) is 4.56. The summed E-state index contributed by atoms with van der Waals surface area (Å²) in [4.78, 5) is 29.3. The van der Waals surface area contributed by atoms with Gasteiger partial charge in [-0.2, -0.15) is 4.98 Å². The van der Waals surface area contributed by atoms with Crippen LogP contribution in [0.1, 0.15) is 24.6 Å². The minimum absolute atomic E-state index is 0.0690. The van der Waals surface area contributed by atoms with Gasteiger partial charge in [0.15, 0.2) is 5.82 Å². The van der Waals surface area contributed by atoms with Crippen molar-refractivity contribution < 1.29 is 14.1 Å². The number of methoxy groups -OCH3 is 1. The summed E-state index contributed by atoms with van der Waals surface area (Å²) in [5.41, 5.74) is 0.941. The summed E-state index contributed by atoms with van der Waals surface area (Å²) in [6, 6.07) is 8.84. The molecule has 2 aromatic heterocycles. The highest BCUT2D eigenvalue weighted by Crippen LogP contribution is 2.39. The molecule has 1 amide bonds. The fraction of sp³-hybridized carbons (Fsp3) is 0.368. The number of para-hydroxylation sites is 1. The maximum Gasteiger partial charge on any atom is 0.258 e. The summed E-state index contributed by atoms with van der Waals surface area (Å²) in [6.45, 7) is 0.743. The zero-order valence-electron chi connectivity index (χ0n) is 15.0. The van der Waals surface area contributed by atoms with E-state index in [-0.39, 0.29) is 18.0 Å². The molecule has 4 rings (SSSR count). The highest BCUT2D eigenvalue weighted by atomic mass is 16.5. The molecule has 2 heterocycles. The molecular formula is C19H20N4O4. The molecule has 0 bridgehead atoms. The van der Waals surface area contributed by atoms with E-state index in [9.17, 15) is 9.59 Å². The molecule has 1 aromatic carbocycles. The van der Waals surface area contributed by atoms with Crippen LogP contribution in [-0.2, 0) is 16.1 Å². The summed E-state index contributed by atoms with van der Waals surface area (Å²) in [5.74, 6) is 1.14. The van der Waals surface area contributed by atoms with E-state index in [1.807, 2.05) is 18.2 Å². The smallest absolute Gasteiger partial charge is 0.258 e. The van der Waals surface area contributed by atoms with Crippen molar-refractivity contribution in [3.63, 3.8) is 0 Å². The van der Waals surface area contributed by atoms with Crippen LogP contribution in [0, 0.1) is 0 Å². The molecule has 1 saturated carbocycles. The molecule has 8 nitrogen and oxygen atoms in total. The van der Waals surface area contributed by atoms with Gasteiger partial charge in [-0.15, -0.1) is 0 Å². The minimum Gasteiger partial charge on any atom is -0.383 e. The monoisotopic (exact) mass is 368 g/mol. The second-order valence-electron chi connectivity index (χ2n) is 6.57. The topological polar surface area (TPSA) is 99.2 Å². The van der Waals surface area contributed by atoms with E-state index in [0.717, 1.165) is 18.2 Å². The fourth-order valence-corrected chi connectivity index (χ4v) is 3.02. The Morgan fingerprint density at radius 1 is 1.37 bits per heavy atom. The summed E-state index contributed by atoms with van der Waals surface area (Å²) < 4.78 is 11.8. The van der Waals surface area contributed by atoms with Gasteiger partial charge in [0.2, 0.25) is 5.91 Å². The summed E-state index contributed by atoms with van der Waals surface area (Å²) in [5, 5.41) is 7.55. The number of rotatable bonds is 7. The quantitative estimate of drug-likeness (QED) is 0.637. The molecule has 0 atom stereocenters. The molecule has 1 fully saturated rings. The lowest BCUT2D eigenvalue weighted by atomic mass is 10.1. The van der Waals surface area contributed by atoms with Crippen molar-refractivity contribution in [2.75, 3.05) is 20.3 Å². The zero-order chi connectivity index (χ0) is 18.8. The lowest BCUT2D eigenvalue weighted by Crippen LogP contribution is -2.34. The molecule has 0 spiro atoms. The average molecular weight is 368 g/mol. The number of benzene rings is 1. The van der Waals surface area contributed by atoms with Gasteiger partial charge < -0.3 is 14.6 Å². The van der Waals surface area contributed by atoms with Crippen LogP contribution >= 0.6 is 0 Å². The molecular weight excluding hydrogens is 348 g/mol. The Morgan fingerprint density at radius 2 is 2.19 bits per heavy atom. The Morgan fingerprint density at radius 3 is 2.96 bits per heavy atom. The van der Waals surface area contributed by atoms with E-state index in [1.165, 1.54) is 10.6 Å². The summed E-state index contributed by atoms with van der Waals surface area (Å²) >= 11 is 0. The fourth-order valence-electron chi connectivity index (χ4n) is 3.02. The van der Waals surface area contributed by atoms with Gasteiger partial charge in [-0.1, -0.05) is 23.4 Å². The van der Waals surface area contributed by atoms with E-state index in [1.54, 1.807) is 13.2 Å². The first-order valence-electron chi connectivity index (χ1n) is 8.89. The second kappa shape index (κ2) is 7.32. The van der Waals surface area contributed by atoms with E-state index in [0.29, 0.717) is 41.9 Å². The van der Waals surface area contributed by atoms with Crippen LogP contribution in [0.5, 0.6) is 0 Å². The number of nitrogens with zero attached hydrogens (tertiary/aromatic N) is 3. The summed E-state index contributed by atoms with van der Waals surface area (Å²) in [6.07, 6.45) is 2.14. The van der Waals surface area contributed by atoms with Crippen LogP contribution in [0.3, 0.4) is 0 Å². The SMILES string of the molecule is COCCNC(=O)Cn1c(=O)cc(-c2nc(C3CC3)no2)c2ccccc21. The van der Waals surface area contributed by atoms with Gasteiger partial charge >= 0.3 is 0 Å². The molecule has 1 aliphatic carbocycles. The summed E-state index contributed by atoms with van der Waals surface area (Å²) in [7, 11) is 1.56. The van der Waals surface area contributed by atoms with Crippen LogP contribution in [0.25, 0.3) is 22.4 Å². The van der Waals surface area contributed by atoms with Crippen LogP contribution < -0.4 is 10.9 Å². The van der Waals surface area contributed by atoms with Gasteiger partial charge in [0.25, 0.3) is 11.4 Å². The largest absolute Gasteiger partial charge is 0.383 e. The average Bonchev–Trinajstić information content (AvgIpc) is 3.41. The second-order valence-corrected chi connectivity index (χ2v) is 6.57. The van der Waals surface area contributed by atoms with Gasteiger partial charge in [0.05, 0.1) is 17.7 Å². The van der Waals surface area contributed by atoms with Gasteiger partial charge in [0, 0.05) is 31.0 Å². The van der Waals surface area contributed by atoms with Crippen molar-refractivity contribution in [2.24, 2.45) is 0 Å². The molecule has 1 N–H and O–H groups in total. The van der Waals surface area contributed by atoms with Crippen molar-refractivity contribution in [3.05, 3.63) is 46.5 Å². The standard InChI is InChI=1S/C19H20N4O4/c1-26-9-8-20-16(24)11-23-15-5-3-2-4-13(15)14(10-17(23)25)19-21-18(22-27-19)12-6-7-12/h2-5,10,12H,6-9,11H2,1H3,(H,20,24). The molecule has 0 radical (unpaired) electrons. The molecule has 1 aliphatic rings. The third-order valence-corrected chi connectivity index (χ3v) is 4.56. The van der Waals surface area contributed by atoms with Crippen LogP contribution in [0.4, 0.5) is 0 Å². The highest BCUT2D eigenvalue weighted by Gasteiger charge is 2.29. The van der Waals surface area contributed by atoms with E-state index >= 15 is 0 Å². The highest BCUT2D eigenvalue weighted by molar-refractivity contribution is 5.93. The lowest BCUT2D eigenvalue weighted by Gasteiger charge is -2.12. The van der Waals surface area contributed by atoms with E-state index in [4.69, 9.17) is 9.26 Å². The third kappa shape index (κ3) is 3.61. The minimum atomic E-state index is -0.295. The molecule has 0 saturated heterocycles. The van der Waals surface area contributed by atoms with E-state index in [2.05, 4.69) is 15.5 Å². The molecule has 8 heteroatoms. The van der Waals surface area contributed by atoms with Crippen LogP contribution in [0.2, 0.25) is 0 Å². The maximum atomic E-state index is 12.7. The predicted octanol–water partition coefficient (Wildman–Crippen LogP) is 1.69.